The van der Waals surface area contributed by atoms with Gasteiger partial charge in [-0.15, -0.1) is 0 Å². The summed E-state index contributed by atoms with van der Waals surface area (Å²) in [5.41, 5.74) is 0. The molecule has 0 aliphatic heterocycles. The number of ether oxygens (including phenoxy) is 1. The standard InChI is InChI=1S/C12H21NO2/c1-7-11(8-2)15-12(14)13(9(3)4)10(5)6/h7-10H,1H2,2-6H3/b11-8+. The molecule has 0 rings (SSSR count). The SMILES string of the molecule is C=C/C(=C\C)OC(=O)N(C(C)C)C(C)C. The molecule has 0 radical (unpaired) electrons. The van der Waals surface area contributed by atoms with Crippen molar-refractivity contribution in [3.8, 4) is 0 Å². The molecule has 0 saturated heterocycles. The van der Waals surface area contributed by atoms with Crippen molar-refractivity contribution in [2.45, 2.75) is 46.7 Å². The van der Waals surface area contributed by atoms with Gasteiger partial charge in [0, 0.05) is 12.1 Å². The molecule has 0 N–H and O–H groups in total. The summed E-state index contributed by atoms with van der Waals surface area (Å²) in [6.45, 7) is 13.2. The number of carbonyl (C=O) groups is 1. The number of allylic oxidation sites excluding steroid dienone is 2. The number of hydrogen-bond donors (Lipinski definition) is 0. The summed E-state index contributed by atoms with van der Waals surface area (Å²) in [7, 11) is 0. The van der Waals surface area contributed by atoms with E-state index in [2.05, 4.69) is 6.58 Å². The van der Waals surface area contributed by atoms with Crippen molar-refractivity contribution in [1.29, 1.82) is 0 Å². The maximum absolute atomic E-state index is 11.8. The summed E-state index contributed by atoms with van der Waals surface area (Å²) in [6, 6.07) is 0.251. The zero-order chi connectivity index (χ0) is 12.0. The third-order valence-corrected chi connectivity index (χ3v) is 2.01. The summed E-state index contributed by atoms with van der Waals surface area (Å²) in [5, 5.41) is 0. The number of nitrogens with zero attached hydrogens (tertiary/aromatic N) is 1. The summed E-state index contributed by atoms with van der Waals surface area (Å²) in [6.07, 6.45) is 2.91. The molecule has 1 amide bonds. The van der Waals surface area contributed by atoms with Gasteiger partial charge in [0.15, 0.2) is 0 Å². The highest BCUT2D eigenvalue weighted by molar-refractivity contribution is 5.69. The molecule has 0 fully saturated rings. The Kier molecular flexibility index (Phi) is 5.75. The third-order valence-electron chi connectivity index (χ3n) is 2.01. The van der Waals surface area contributed by atoms with Gasteiger partial charge in [-0.2, -0.15) is 0 Å². The van der Waals surface area contributed by atoms with Crippen molar-refractivity contribution in [3.05, 3.63) is 24.5 Å². The second kappa shape index (κ2) is 6.27. The lowest BCUT2D eigenvalue weighted by molar-refractivity contribution is 0.104. The molecule has 0 spiro atoms. The summed E-state index contributed by atoms with van der Waals surface area (Å²) >= 11 is 0. The predicted molar refractivity (Wildman–Crippen MR) is 62.5 cm³/mol. The third kappa shape index (κ3) is 4.19. The second-order valence-corrected chi connectivity index (χ2v) is 3.86. The molecule has 0 unspecified atom stereocenters. The second-order valence-electron chi connectivity index (χ2n) is 3.86. The van der Waals surface area contributed by atoms with Crippen molar-refractivity contribution >= 4 is 6.09 Å². The zero-order valence-corrected chi connectivity index (χ0v) is 10.3. The average molecular weight is 211 g/mol. The molecular formula is C12H21NO2. The maximum atomic E-state index is 11.8. The van der Waals surface area contributed by atoms with Crippen molar-refractivity contribution in [2.24, 2.45) is 0 Å². The van der Waals surface area contributed by atoms with Crippen LogP contribution in [0.5, 0.6) is 0 Å². The van der Waals surface area contributed by atoms with Gasteiger partial charge in [-0.1, -0.05) is 6.58 Å². The van der Waals surface area contributed by atoms with Crippen LogP contribution in [0.15, 0.2) is 24.5 Å². The lowest BCUT2D eigenvalue weighted by Gasteiger charge is -2.29. The Morgan fingerprint density at radius 1 is 1.27 bits per heavy atom. The van der Waals surface area contributed by atoms with Gasteiger partial charge in [0.25, 0.3) is 0 Å². The first-order chi connectivity index (χ1) is 6.93. The molecule has 86 valence electrons. The lowest BCUT2D eigenvalue weighted by atomic mass is 10.2. The van der Waals surface area contributed by atoms with Crippen LogP contribution in [0.3, 0.4) is 0 Å². The van der Waals surface area contributed by atoms with E-state index in [9.17, 15) is 4.79 Å². The Morgan fingerprint density at radius 3 is 2.00 bits per heavy atom. The highest BCUT2D eigenvalue weighted by atomic mass is 16.6. The molecule has 0 aliphatic carbocycles. The molecule has 3 heteroatoms. The first-order valence-corrected chi connectivity index (χ1v) is 5.22. The molecule has 0 atom stereocenters. The van der Waals surface area contributed by atoms with E-state index in [4.69, 9.17) is 4.74 Å². The van der Waals surface area contributed by atoms with Crippen LogP contribution >= 0.6 is 0 Å². The molecule has 0 bridgehead atoms. The van der Waals surface area contributed by atoms with Crippen molar-refractivity contribution in [1.82, 2.24) is 4.90 Å². The van der Waals surface area contributed by atoms with E-state index in [1.54, 1.807) is 17.9 Å². The minimum Gasteiger partial charge on any atom is -0.411 e. The largest absolute Gasteiger partial charge is 0.415 e. The van der Waals surface area contributed by atoms with E-state index >= 15 is 0 Å². The first kappa shape index (κ1) is 13.8. The number of carbonyl (C=O) groups excluding carboxylic acids is 1. The van der Waals surface area contributed by atoms with Gasteiger partial charge in [0.1, 0.15) is 5.76 Å². The van der Waals surface area contributed by atoms with Gasteiger partial charge in [-0.3, -0.25) is 0 Å². The van der Waals surface area contributed by atoms with Crippen LogP contribution in [0.25, 0.3) is 0 Å². The molecular weight excluding hydrogens is 190 g/mol. The molecule has 0 aliphatic rings. The van der Waals surface area contributed by atoms with Crippen LogP contribution in [0.4, 0.5) is 4.79 Å². The molecule has 0 aromatic heterocycles. The maximum Gasteiger partial charge on any atom is 0.415 e. The summed E-state index contributed by atoms with van der Waals surface area (Å²) in [4.78, 5) is 13.5. The fraction of sp³-hybridized carbons (Fsp3) is 0.583. The predicted octanol–water partition coefficient (Wildman–Crippen LogP) is 3.33. The van der Waals surface area contributed by atoms with Crippen molar-refractivity contribution in [2.75, 3.05) is 0 Å². The van der Waals surface area contributed by atoms with Crippen molar-refractivity contribution in [3.63, 3.8) is 0 Å². The van der Waals surface area contributed by atoms with Gasteiger partial charge in [0.05, 0.1) is 0 Å². The van der Waals surface area contributed by atoms with Gasteiger partial charge >= 0.3 is 6.09 Å². The quantitative estimate of drug-likeness (QED) is 0.527. The minimum atomic E-state index is -0.326. The molecule has 0 aromatic carbocycles. The Bertz CT molecular complexity index is 246. The zero-order valence-electron chi connectivity index (χ0n) is 10.3. The van der Waals surface area contributed by atoms with Crippen molar-refractivity contribution < 1.29 is 9.53 Å². The van der Waals surface area contributed by atoms with Crippen LogP contribution in [-0.2, 0) is 4.74 Å². The fourth-order valence-electron chi connectivity index (χ4n) is 1.39. The molecule has 0 aromatic rings. The van der Waals surface area contributed by atoms with Gasteiger partial charge in [0.2, 0.25) is 0 Å². The van der Waals surface area contributed by atoms with Gasteiger partial charge < -0.3 is 9.64 Å². The monoisotopic (exact) mass is 211 g/mol. The van der Waals surface area contributed by atoms with Crippen LogP contribution in [0.1, 0.15) is 34.6 Å². The Hall–Kier alpha value is -1.25. The van der Waals surface area contributed by atoms with E-state index in [-0.39, 0.29) is 18.2 Å². The summed E-state index contributed by atoms with van der Waals surface area (Å²) in [5.74, 6) is 0.492. The fourth-order valence-corrected chi connectivity index (χ4v) is 1.39. The topological polar surface area (TPSA) is 29.5 Å². The lowest BCUT2D eigenvalue weighted by Crippen LogP contribution is -2.42. The minimum absolute atomic E-state index is 0.125. The van der Waals surface area contributed by atoms with E-state index in [0.29, 0.717) is 5.76 Å². The molecule has 15 heavy (non-hydrogen) atoms. The first-order valence-electron chi connectivity index (χ1n) is 5.22. The Morgan fingerprint density at radius 2 is 1.73 bits per heavy atom. The van der Waals surface area contributed by atoms with E-state index in [1.807, 2.05) is 27.7 Å². The Labute approximate surface area is 92.4 Å². The number of hydrogen-bond acceptors (Lipinski definition) is 2. The molecule has 0 saturated carbocycles. The number of rotatable bonds is 4. The van der Waals surface area contributed by atoms with Crippen LogP contribution in [-0.4, -0.2) is 23.1 Å². The highest BCUT2D eigenvalue weighted by Crippen LogP contribution is 2.10. The highest BCUT2D eigenvalue weighted by Gasteiger charge is 2.21. The van der Waals surface area contributed by atoms with Gasteiger partial charge in [-0.05, 0) is 46.8 Å². The van der Waals surface area contributed by atoms with Gasteiger partial charge in [-0.25, -0.2) is 4.79 Å². The van der Waals surface area contributed by atoms with E-state index in [1.165, 1.54) is 6.08 Å². The smallest absolute Gasteiger partial charge is 0.411 e. The number of amides is 1. The Balaban J connectivity index is 4.59. The van der Waals surface area contributed by atoms with Crippen LogP contribution in [0.2, 0.25) is 0 Å². The van der Waals surface area contributed by atoms with E-state index < -0.39 is 0 Å². The average Bonchev–Trinajstić information content (AvgIpc) is 2.12. The summed E-state index contributed by atoms with van der Waals surface area (Å²) < 4.78 is 5.16. The van der Waals surface area contributed by atoms with Crippen LogP contribution < -0.4 is 0 Å². The van der Waals surface area contributed by atoms with E-state index in [0.717, 1.165) is 0 Å². The molecule has 0 heterocycles. The molecule has 3 nitrogen and oxygen atoms in total. The normalized spacial score (nSPS) is 11.8. The van der Waals surface area contributed by atoms with Crippen LogP contribution in [0, 0.1) is 0 Å².